The minimum Gasteiger partial charge on any atom is -0.352 e. The Bertz CT molecular complexity index is 487. The van der Waals surface area contributed by atoms with Crippen LogP contribution < -0.4 is 16.0 Å². The molecule has 2 amide bonds. The van der Waals surface area contributed by atoms with Crippen molar-refractivity contribution in [2.24, 2.45) is 5.73 Å². The van der Waals surface area contributed by atoms with Crippen LogP contribution >= 0.6 is 0 Å². The highest BCUT2D eigenvalue weighted by Gasteiger charge is 2.30. The first-order chi connectivity index (χ1) is 9.13. The molecule has 1 atom stereocenters. The number of para-hydroxylation sites is 1. The van der Waals surface area contributed by atoms with Gasteiger partial charge in [-0.2, -0.15) is 0 Å². The molecule has 5 heteroatoms. The molecule has 1 heterocycles. The van der Waals surface area contributed by atoms with Crippen LogP contribution in [0.2, 0.25) is 0 Å². The number of carbonyl (C=O) groups excluding carboxylic acids is 2. The summed E-state index contributed by atoms with van der Waals surface area (Å²) in [5, 5.41) is 2.83. The highest BCUT2D eigenvalue weighted by molar-refractivity contribution is 6.05. The number of carbonyl (C=O) groups is 2. The van der Waals surface area contributed by atoms with Crippen LogP contribution in [-0.2, 0) is 4.79 Å². The zero-order valence-corrected chi connectivity index (χ0v) is 11.1. The highest BCUT2D eigenvalue weighted by Crippen LogP contribution is 2.25. The molecule has 1 aliphatic heterocycles. The summed E-state index contributed by atoms with van der Waals surface area (Å²) in [5.74, 6) is -0.172. The lowest BCUT2D eigenvalue weighted by Crippen LogP contribution is -2.31. The Morgan fingerprint density at radius 1 is 1.47 bits per heavy atom. The van der Waals surface area contributed by atoms with Gasteiger partial charge in [-0.25, -0.2) is 0 Å². The molecule has 1 aliphatic rings. The lowest BCUT2D eigenvalue weighted by atomic mass is 10.1. The number of benzene rings is 1. The van der Waals surface area contributed by atoms with Gasteiger partial charge in [-0.1, -0.05) is 19.1 Å². The second-order valence-corrected chi connectivity index (χ2v) is 4.74. The molecular formula is C14H19N3O2. The summed E-state index contributed by atoms with van der Waals surface area (Å²) in [6, 6.07) is 6.99. The van der Waals surface area contributed by atoms with Crippen LogP contribution in [0, 0.1) is 0 Å². The van der Waals surface area contributed by atoms with E-state index < -0.39 is 0 Å². The standard InChI is InChI=1S/C14H19N3O2/c1-2-7-16-14(19)11-5-3-4-6-12(11)17-9-10(15)8-13(17)18/h3-6,10H,2,7-9,15H2,1H3,(H,16,19). The van der Waals surface area contributed by atoms with Crippen molar-refractivity contribution in [3.63, 3.8) is 0 Å². The van der Waals surface area contributed by atoms with Crippen LogP contribution in [0.5, 0.6) is 0 Å². The molecule has 1 saturated heterocycles. The molecule has 1 aromatic rings. The van der Waals surface area contributed by atoms with Crippen molar-refractivity contribution in [3.05, 3.63) is 29.8 Å². The van der Waals surface area contributed by atoms with Gasteiger partial charge >= 0.3 is 0 Å². The number of nitrogens with one attached hydrogen (secondary N) is 1. The van der Waals surface area contributed by atoms with E-state index in [4.69, 9.17) is 5.73 Å². The number of anilines is 1. The van der Waals surface area contributed by atoms with Gasteiger partial charge < -0.3 is 16.0 Å². The Morgan fingerprint density at radius 2 is 2.21 bits per heavy atom. The average Bonchev–Trinajstić information content (AvgIpc) is 2.75. The predicted molar refractivity (Wildman–Crippen MR) is 74.0 cm³/mol. The van der Waals surface area contributed by atoms with Gasteiger partial charge in [-0.15, -0.1) is 0 Å². The summed E-state index contributed by atoms with van der Waals surface area (Å²) in [6.07, 6.45) is 1.21. The van der Waals surface area contributed by atoms with Crippen molar-refractivity contribution in [1.82, 2.24) is 5.32 Å². The SMILES string of the molecule is CCCNC(=O)c1ccccc1N1CC(N)CC1=O. The molecule has 102 valence electrons. The summed E-state index contributed by atoms with van der Waals surface area (Å²) in [5.41, 5.74) is 6.97. The summed E-state index contributed by atoms with van der Waals surface area (Å²) in [4.78, 5) is 25.6. The fourth-order valence-electron chi connectivity index (χ4n) is 2.20. The number of hydrogen-bond donors (Lipinski definition) is 2. The van der Waals surface area contributed by atoms with Crippen LogP contribution in [0.25, 0.3) is 0 Å². The maximum absolute atomic E-state index is 12.1. The van der Waals surface area contributed by atoms with Crippen LogP contribution in [0.4, 0.5) is 5.69 Å². The lowest BCUT2D eigenvalue weighted by Gasteiger charge is -2.19. The fourth-order valence-corrected chi connectivity index (χ4v) is 2.20. The molecule has 5 nitrogen and oxygen atoms in total. The van der Waals surface area contributed by atoms with Crippen LogP contribution in [-0.4, -0.2) is 30.9 Å². The highest BCUT2D eigenvalue weighted by atomic mass is 16.2. The zero-order valence-electron chi connectivity index (χ0n) is 11.1. The predicted octanol–water partition coefficient (Wildman–Crippen LogP) is 0.890. The number of amides is 2. The molecule has 0 bridgehead atoms. The number of nitrogens with zero attached hydrogens (tertiary/aromatic N) is 1. The smallest absolute Gasteiger partial charge is 0.253 e. The lowest BCUT2D eigenvalue weighted by molar-refractivity contribution is -0.117. The maximum atomic E-state index is 12.1. The molecule has 19 heavy (non-hydrogen) atoms. The van der Waals surface area contributed by atoms with Gasteiger partial charge in [0.05, 0.1) is 11.3 Å². The summed E-state index contributed by atoms with van der Waals surface area (Å²) >= 11 is 0. The third-order valence-corrected chi connectivity index (χ3v) is 3.13. The van der Waals surface area contributed by atoms with Gasteiger partial charge in [0.25, 0.3) is 5.91 Å². The van der Waals surface area contributed by atoms with E-state index in [1.54, 1.807) is 23.1 Å². The molecule has 0 aliphatic carbocycles. The Labute approximate surface area is 112 Å². The van der Waals surface area contributed by atoms with Crippen molar-refractivity contribution >= 4 is 17.5 Å². The van der Waals surface area contributed by atoms with E-state index in [1.807, 2.05) is 13.0 Å². The van der Waals surface area contributed by atoms with Crippen LogP contribution in [0.15, 0.2) is 24.3 Å². The van der Waals surface area contributed by atoms with E-state index in [1.165, 1.54) is 0 Å². The van der Waals surface area contributed by atoms with E-state index in [0.717, 1.165) is 6.42 Å². The Morgan fingerprint density at radius 3 is 2.84 bits per heavy atom. The minimum atomic E-state index is -0.153. The Hall–Kier alpha value is -1.88. The quantitative estimate of drug-likeness (QED) is 0.845. The number of hydrogen-bond acceptors (Lipinski definition) is 3. The van der Waals surface area contributed by atoms with Crippen molar-refractivity contribution < 1.29 is 9.59 Å². The molecular weight excluding hydrogens is 242 g/mol. The molecule has 0 saturated carbocycles. The topological polar surface area (TPSA) is 75.4 Å². The van der Waals surface area contributed by atoms with Crippen LogP contribution in [0.1, 0.15) is 30.1 Å². The van der Waals surface area contributed by atoms with Gasteiger partial charge in [0, 0.05) is 25.6 Å². The Kier molecular flexibility index (Phi) is 4.16. The first-order valence-electron chi connectivity index (χ1n) is 6.56. The van der Waals surface area contributed by atoms with E-state index in [-0.39, 0.29) is 17.9 Å². The molecule has 0 spiro atoms. The second-order valence-electron chi connectivity index (χ2n) is 4.74. The summed E-state index contributed by atoms with van der Waals surface area (Å²) in [6.45, 7) is 3.09. The summed E-state index contributed by atoms with van der Waals surface area (Å²) < 4.78 is 0. The third kappa shape index (κ3) is 2.93. The molecule has 1 aromatic carbocycles. The number of nitrogens with two attached hydrogens (primary N) is 1. The third-order valence-electron chi connectivity index (χ3n) is 3.13. The first-order valence-corrected chi connectivity index (χ1v) is 6.56. The van der Waals surface area contributed by atoms with E-state index >= 15 is 0 Å². The largest absolute Gasteiger partial charge is 0.352 e. The normalized spacial score (nSPS) is 18.7. The molecule has 2 rings (SSSR count). The number of rotatable bonds is 4. The molecule has 3 N–H and O–H groups in total. The molecule has 1 unspecified atom stereocenters. The van der Waals surface area contributed by atoms with Crippen LogP contribution in [0.3, 0.4) is 0 Å². The van der Waals surface area contributed by atoms with Crippen molar-refractivity contribution in [1.29, 1.82) is 0 Å². The van der Waals surface area contributed by atoms with Crippen molar-refractivity contribution in [3.8, 4) is 0 Å². The zero-order chi connectivity index (χ0) is 13.8. The fraction of sp³-hybridized carbons (Fsp3) is 0.429. The van der Waals surface area contributed by atoms with E-state index in [9.17, 15) is 9.59 Å². The summed E-state index contributed by atoms with van der Waals surface area (Å²) in [7, 11) is 0. The van der Waals surface area contributed by atoms with E-state index in [2.05, 4.69) is 5.32 Å². The second kappa shape index (κ2) is 5.84. The monoisotopic (exact) mass is 261 g/mol. The maximum Gasteiger partial charge on any atom is 0.253 e. The molecule has 0 aromatic heterocycles. The van der Waals surface area contributed by atoms with E-state index in [0.29, 0.717) is 30.8 Å². The molecule has 1 fully saturated rings. The Balaban J connectivity index is 2.26. The van der Waals surface area contributed by atoms with Gasteiger partial charge in [0.1, 0.15) is 0 Å². The molecule has 0 radical (unpaired) electrons. The minimum absolute atomic E-state index is 0.0248. The van der Waals surface area contributed by atoms with Gasteiger partial charge in [-0.05, 0) is 18.6 Å². The van der Waals surface area contributed by atoms with Gasteiger partial charge in [-0.3, -0.25) is 9.59 Å². The van der Waals surface area contributed by atoms with Crippen molar-refractivity contribution in [2.45, 2.75) is 25.8 Å². The van der Waals surface area contributed by atoms with Gasteiger partial charge in [0.2, 0.25) is 5.91 Å². The first kappa shape index (κ1) is 13.5. The van der Waals surface area contributed by atoms with Gasteiger partial charge in [0.15, 0.2) is 0 Å². The van der Waals surface area contributed by atoms with Crippen molar-refractivity contribution in [2.75, 3.05) is 18.0 Å². The average molecular weight is 261 g/mol.